The molecule has 2 rings (SSSR count). The number of carbonyl (C=O) groups excluding carboxylic acids is 1. The number of hydrogen-bond acceptors (Lipinski definition) is 3. The molecule has 0 bridgehead atoms. The van der Waals surface area contributed by atoms with Crippen LogP contribution in [0.25, 0.3) is 0 Å². The van der Waals surface area contributed by atoms with E-state index < -0.39 is 23.9 Å². The van der Waals surface area contributed by atoms with Crippen LogP contribution in [0.15, 0.2) is 18.2 Å². The van der Waals surface area contributed by atoms with Crippen LogP contribution in [0.1, 0.15) is 24.0 Å². The third kappa shape index (κ3) is 3.29. The lowest BCUT2D eigenvalue weighted by molar-refractivity contribution is -0.149. The van der Waals surface area contributed by atoms with Gasteiger partial charge in [-0.3, -0.25) is 9.59 Å². The van der Waals surface area contributed by atoms with Crippen molar-refractivity contribution in [3.8, 4) is 5.75 Å². The molecule has 0 aromatic heterocycles. The average Bonchev–Trinajstić information content (AvgIpc) is 3.19. The van der Waals surface area contributed by atoms with Crippen LogP contribution in [-0.2, 0) is 16.1 Å². The van der Waals surface area contributed by atoms with Gasteiger partial charge in [0.25, 0.3) is 0 Å². The molecule has 7 heteroatoms. The normalized spacial score (nSPS) is 15.6. The Kier molecular flexibility index (Phi) is 4.11. The molecule has 0 saturated heterocycles. The van der Waals surface area contributed by atoms with Crippen LogP contribution >= 0.6 is 0 Å². The number of nitrogens with one attached hydrogen (secondary N) is 1. The lowest BCUT2D eigenvalue weighted by Crippen LogP contribution is -2.36. The summed E-state index contributed by atoms with van der Waals surface area (Å²) in [6.45, 7) is -1.25. The summed E-state index contributed by atoms with van der Waals surface area (Å²) in [4.78, 5) is 22.9. The fourth-order valence-electron chi connectivity index (χ4n) is 2.07. The summed E-state index contributed by atoms with van der Waals surface area (Å²) in [6.07, 6.45) is 0.588. The van der Waals surface area contributed by atoms with E-state index in [4.69, 9.17) is 5.11 Å². The molecular weight excluding hydrogens is 284 g/mol. The maximum Gasteiger partial charge on any atom is 0.387 e. The molecule has 21 heavy (non-hydrogen) atoms. The molecule has 0 unspecified atom stereocenters. The van der Waals surface area contributed by atoms with E-state index in [-0.39, 0.29) is 12.3 Å². The van der Waals surface area contributed by atoms with Gasteiger partial charge in [0.05, 0.1) is 0 Å². The second-order valence-electron chi connectivity index (χ2n) is 5.06. The van der Waals surface area contributed by atoms with Crippen LogP contribution in [0.3, 0.4) is 0 Å². The number of rotatable bonds is 6. The summed E-state index contributed by atoms with van der Waals surface area (Å²) in [7, 11) is 0. The van der Waals surface area contributed by atoms with Crippen molar-refractivity contribution in [1.29, 1.82) is 0 Å². The number of aliphatic carboxylic acids is 1. The maximum atomic E-state index is 12.3. The SMILES string of the molecule is Cc1ccc(OC(F)F)c(CNC(=O)C2(C(=O)O)CC2)c1. The van der Waals surface area contributed by atoms with E-state index >= 15 is 0 Å². The van der Waals surface area contributed by atoms with Crippen LogP contribution in [-0.4, -0.2) is 23.6 Å². The zero-order chi connectivity index (χ0) is 15.6. The van der Waals surface area contributed by atoms with E-state index in [1.807, 2.05) is 0 Å². The highest BCUT2D eigenvalue weighted by atomic mass is 19.3. The predicted octanol–water partition coefficient (Wildman–Crippen LogP) is 2.08. The predicted molar refractivity (Wildman–Crippen MR) is 69.0 cm³/mol. The molecule has 2 N–H and O–H groups in total. The monoisotopic (exact) mass is 299 g/mol. The average molecular weight is 299 g/mol. The van der Waals surface area contributed by atoms with Gasteiger partial charge in [0, 0.05) is 12.1 Å². The Balaban J connectivity index is 2.07. The summed E-state index contributed by atoms with van der Waals surface area (Å²) in [6, 6.07) is 4.62. The lowest BCUT2D eigenvalue weighted by atomic mass is 10.1. The molecule has 1 aliphatic rings. The molecule has 1 saturated carbocycles. The summed E-state index contributed by atoms with van der Waals surface area (Å²) in [5.41, 5.74) is -0.154. The Bertz CT molecular complexity index is 570. The standard InChI is InChI=1S/C14H15F2NO4/c1-8-2-3-10(21-13(15)16)9(6-8)7-17-11(18)14(4-5-14)12(19)20/h2-3,6,13H,4-5,7H2,1H3,(H,17,18)(H,19,20). The van der Waals surface area contributed by atoms with Gasteiger partial charge in [0.2, 0.25) is 5.91 Å². The van der Waals surface area contributed by atoms with Crippen molar-refractivity contribution in [2.45, 2.75) is 32.9 Å². The highest BCUT2D eigenvalue weighted by Crippen LogP contribution is 2.46. The van der Waals surface area contributed by atoms with Crippen molar-refractivity contribution in [1.82, 2.24) is 5.32 Å². The summed E-state index contributed by atoms with van der Waals surface area (Å²) in [5, 5.41) is 11.5. The molecule has 0 spiro atoms. The van der Waals surface area contributed by atoms with Crippen LogP contribution in [0.4, 0.5) is 8.78 Å². The Labute approximate surface area is 119 Å². The molecule has 0 aliphatic heterocycles. The number of amides is 1. The Hall–Kier alpha value is -2.18. The first-order chi connectivity index (χ1) is 9.85. The Morgan fingerprint density at radius 1 is 1.43 bits per heavy atom. The van der Waals surface area contributed by atoms with E-state index in [0.29, 0.717) is 18.4 Å². The highest BCUT2D eigenvalue weighted by Gasteiger charge is 2.56. The number of aryl methyl sites for hydroxylation is 1. The molecule has 0 atom stereocenters. The minimum atomic E-state index is -2.96. The number of hydrogen-bond donors (Lipinski definition) is 2. The molecule has 114 valence electrons. The van der Waals surface area contributed by atoms with Gasteiger partial charge in [-0.25, -0.2) is 0 Å². The molecule has 0 heterocycles. The zero-order valence-corrected chi connectivity index (χ0v) is 11.4. The van der Waals surface area contributed by atoms with Gasteiger partial charge in [-0.2, -0.15) is 8.78 Å². The number of ether oxygens (including phenoxy) is 1. The van der Waals surface area contributed by atoms with Crippen molar-refractivity contribution >= 4 is 11.9 Å². The molecule has 5 nitrogen and oxygen atoms in total. The summed E-state index contributed by atoms with van der Waals surface area (Å²) in [5.74, 6) is -1.79. The van der Waals surface area contributed by atoms with Crippen molar-refractivity contribution in [2.75, 3.05) is 0 Å². The molecular formula is C14H15F2NO4. The molecule has 1 aliphatic carbocycles. The molecule has 0 radical (unpaired) electrons. The summed E-state index contributed by atoms with van der Waals surface area (Å²) >= 11 is 0. The molecule has 1 aromatic carbocycles. The third-order valence-electron chi connectivity index (χ3n) is 3.47. The quantitative estimate of drug-likeness (QED) is 0.789. The van der Waals surface area contributed by atoms with Crippen molar-refractivity contribution in [3.63, 3.8) is 0 Å². The second-order valence-corrected chi connectivity index (χ2v) is 5.06. The van der Waals surface area contributed by atoms with Gasteiger partial charge in [-0.05, 0) is 25.8 Å². The van der Waals surface area contributed by atoms with Crippen molar-refractivity contribution in [3.05, 3.63) is 29.3 Å². The van der Waals surface area contributed by atoms with E-state index in [1.165, 1.54) is 6.07 Å². The number of carboxylic acid groups (broad SMARTS) is 1. The molecule has 1 amide bonds. The van der Waals surface area contributed by atoms with E-state index in [1.54, 1.807) is 19.1 Å². The fraction of sp³-hybridized carbons (Fsp3) is 0.429. The number of carbonyl (C=O) groups is 2. The smallest absolute Gasteiger partial charge is 0.387 e. The van der Waals surface area contributed by atoms with Crippen LogP contribution < -0.4 is 10.1 Å². The molecule has 1 fully saturated rings. The van der Waals surface area contributed by atoms with E-state index in [2.05, 4.69) is 10.1 Å². The second kappa shape index (κ2) is 5.67. The van der Waals surface area contributed by atoms with Gasteiger partial charge in [-0.15, -0.1) is 0 Å². The number of benzene rings is 1. The Morgan fingerprint density at radius 3 is 2.62 bits per heavy atom. The number of alkyl halides is 2. The lowest BCUT2D eigenvalue weighted by Gasteiger charge is -2.14. The van der Waals surface area contributed by atoms with Gasteiger partial charge >= 0.3 is 12.6 Å². The largest absolute Gasteiger partial charge is 0.480 e. The fourth-order valence-corrected chi connectivity index (χ4v) is 2.07. The number of halogens is 2. The number of carboxylic acids is 1. The van der Waals surface area contributed by atoms with E-state index in [9.17, 15) is 18.4 Å². The zero-order valence-electron chi connectivity index (χ0n) is 11.4. The van der Waals surface area contributed by atoms with Crippen LogP contribution in [0.2, 0.25) is 0 Å². The topological polar surface area (TPSA) is 75.6 Å². The minimum absolute atomic E-state index is 0.0314. The van der Waals surface area contributed by atoms with Gasteiger partial charge < -0.3 is 15.2 Å². The van der Waals surface area contributed by atoms with Gasteiger partial charge in [-0.1, -0.05) is 17.7 Å². The highest BCUT2D eigenvalue weighted by molar-refractivity contribution is 6.04. The van der Waals surface area contributed by atoms with Crippen molar-refractivity contribution < 1.29 is 28.2 Å². The van der Waals surface area contributed by atoms with Gasteiger partial charge in [0.15, 0.2) is 0 Å². The summed E-state index contributed by atoms with van der Waals surface area (Å²) < 4.78 is 29.0. The van der Waals surface area contributed by atoms with Crippen LogP contribution in [0.5, 0.6) is 5.75 Å². The first kappa shape index (κ1) is 15.2. The van der Waals surface area contributed by atoms with Gasteiger partial charge in [0.1, 0.15) is 11.2 Å². The first-order valence-corrected chi connectivity index (χ1v) is 6.41. The Morgan fingerprint density at radius 2 is 2.10 bits per heavy atom. The molecule has 1 aromatic rings. The minimum Gasteiger partial charge on any atom is -0.480 e. The first-order valence-electron chi connectivity index (χ1n) is 6.41. The van der Waals surface area contributed by atoms with E-state index in [0.717, 1.165) is 5.56 Å². The van der Waals surface area contributed by atoms with Crippen LogP contribution in [0, 0.1) is 12.3 Å². The van der Waals surface area contributed by atoms with Crippen molar-refractivity contribution in [2.24, 2.45) is 5.41 Å². The maximum absolute atomic E-state index is 12.3. The third-order valence-corrected chi connectivity index (χ3v) is 3.47.